The van der Waals surface area contributed by atoms with Gasteiger partial charge in [-0.25, -0.2) is 4.68 Å². The Morgan fingerprint density at radius 3 is 2.53 bits per heavy atom. The molecule has 0 spiro atoms. The summed E-state index contributed by atoms with van der Waals surface area (Å²) in [5, 5.41) is 15.7. The summed E-state index contributed by atoms with van der Waals surface area (Å²) in [5.74, 6) is 1.01. The molecule has 0 atom stereocenters. The zero-order chi connectivity index (χ0) is 13.7. The second-order valence-corrected chi connectivity index (χ2v) is 3.80. The monoisotopic (exact) mass is 267 g/mol. The van der Waals surface area contributed by atoms with E-state index in [0.29, 0.717) is 37.2 Å². The summed E-state index contributed by atoms with van der Waals surface area (Å²) < 4.78 is 17.8. The number of hydrogen-bond acceptors (Lipinski definition) is 7. The maximum Gasteiger partial charge on any atom is 0.237 e. The van der Waals surface area contributed by atoms with E-state index in [4.69, 9.17) is 13.9 Å². The Balaban J connectivity index is 2.04. The minimum Gasteiger partial charge on any atom is -0.424 e. The fourth-order valence-corrected chi connectivity index (χ4v) is 1.56. The maximum absolute atomic E-state index is 5.45. The second-order valence-electron chi connectivity index (χ2n) is 3.80. The van der Waals surface area contributed by atoms with Gasteiger partial charge in [-0.3, -0.25) is 0 Å². The van der Waals surface area contributed by atoms with Crippen LogP contribution < -0.4 is 0 Å². The third-order valence-electron chi connectivity index (χ3n) is 2.30. The van der Waals surface area contributed by atoms with E-state index in [-0.39, 0.29) is 0 Å². The van der Waals surface area contributed by atoms with Gasteiger partial charge in [-0.05, 0) is 13.8 Å². The summed E-state index contributed by atoms with van der Waals surface area (Å²) in [4.78, 5) is 0. The van der Waals surface area contributed by atoms with Crippen molar-refractivity contribution in [1.29, 1.82) is 0 Å². The van der Waals surface area contributed by atoms with Gasteiger partial charge in [0.05, 0.1) is 6.20 Å². The van der Waals surface area contributed by atoms with Gasteiger partial charge in [0, 0.05) is 20.1 Å². The Morgan fingerprint density at radius 1 is 1.21 bits per heavy atom. The highest BCUT2D eigenvalue weighted by molar-refractivity contribution is 4.95. The van der Waals surface area contributed by atoms with Crippen molar-refractivity contribution in [2.24, 2.45) is 0 Å². The molecule has 104 valence electrons. The van der Waals surface area contributed by atoms with Crippen molar-refractivity contribution in [3.05, 3.63) is 23.7 Å². The molecule has 0 N–H and O–H groups in total. The predicted octanol–water partition coefficient (Wildman–Crippen LogP) is 1.09. The fourth-order valence-electron chi connectivity index (χ4n) is 1.56. The molecule has 2 heterocycles. The van der Waals surface area contributed by atoms with E-state index in [1.54, 1.807) is 17.8 Å². The molecule has 2 aromatic heterocycles. The first-order chi connectivity index (χ1) is 9.22. The van der Waals surface area contributed by atoms with Gasteiger partial charge in [0.25, 0.3) is 0 Å². The summed E-state index contributed by atoms with van der Waals surface area (Å²) in [6, 6.07) is 0. The third-order valence-corrected chi connectivity index (χ3v) is 2.30. The highest BCUT2D eigenvalue weighted by Crippen LogP contribution is 2.16. The molecule has 0 amide bonds. The first-order valence-electron chi connectivity index (χ1n) is 6.15. The number of nitrogens with zero attached hydrogens (tertiary/aromatic N) is 5. The van der Waals surface area contributed by atoms with Gasteiger partial charge < -0.3 is 13.9 Å². The molecule has 0 fully saturated rings. The van der Waals surface area contributed by atoms with Gasteiger partial charge in [-0.2, -0.15) is 0 Å². The summed E-state index contributed by atoms with van der Waals surface area (Å²) in [6.45, 7) is 7.00. The van der Waals surface area contributed by atoms with E-state index < -0.39 is 6.29 Å². The maximum atomic E-state index is 5.45. The zero-order valence-corrected chi connectivity index (χ0v) is 11.2. The largest absolute Gasteiger partial charge is 0.424 e. The van der Waals surface area contributed by atoms with E-state index in [9.17, 15) is 0 Å². The third kappa shape index (κ3) is 3.58. The van der Waals surface area contributed by atoms with E-state index in [2.05, 4.69) is 20.5 Å². The minimum atomic E-state index is -0.492. The number of rotatable bonds is 7. The van der Waals surface area contributed by atoms with Crippen molar-refractivity contribution >= 4 is 0 Å². The first kappa shape index (κ1) is 13.6. The fraction of sp³-hybridized carbons (Fsp3) is 0.636. The highest BCUT2D eigenvalue weighted by Gasteiger charge is 2.16. The van der Waals surface area contributed by atoms with Crippen LogP contribution in [0.4, 0.5) is 0 Å². The molecule has 0 aliphatic carbocycles. The van der Waals surface area contributed by atoms with Crippen LogP contribution in [-0.4, -0.2) is 38.4 Å². The molecular formula is C11H17N5O3. The molecule has 0 aliphatic heterocycles. The number of hydrogen-bond donors (Lipinski definition) is 0. The van der Waals surface area contributed by atoms with Crippen LogP contribution >= 0.6 is 0 Å². The summed E-state index contributed by atoms with van der Waals surface area (Å²) in [6.07, 6.45) is 1.25. The smallest absolute Gasteiger partial charge is 0.237 e. The van der Waals surface area contributed by atoms with Crippen LogP contribution in [0, 0.1) is 6.92 Å². The van der Waals surface area contributed by atoms with Crippen molar-refractivity contribution in [2.75, 3.05) is 13.2 Å². The van der Waals surface area contributed by atoms with Crippen LogP contribution in [0.25, 0.3) is 0 Å². The van der Waals surface area contributed by atoms with Crippen LogP contribution in [0.3, 0.4) is 0 Å². The summed E-state index contributed by atoms with van der Waals surface area (Å²) in [7, 11) is 0. The van der Waals surface area contributed by atoms with Gasteiger partial charge in [0.15, 0.2) is 0 Å². The minimum absolute atomic E-state index is 0.374. The van der Waals surface area contributed by atoms with Gasteiger partial charge in [0.2, 0.25) is 18.1 Å². The molecule has 19 heavy (non-hydrogen) atoms. The predicted molar refractivity (Wildman–Crippen MR) is 64.2 cm³/mol. The number of aryl methyl sites for hydroxylation is 1. The van der Waals surface area contributed by atoms with Crippen LogP contribution in [0.15, 0.2) is 10.6 Å². The van der Waals surface area contributed by atoms with Crippen molar-refractivity contribution < 1.29 is 13.9 Å². The van der Waals surface area contributed by atoms with Gasteiger partial charge in [-0.15, -0.1) is 15.3 Å². The molecule has 2 rings (SSSR count). The lowest BCUT2D eigenvalue weighted by molar-refractivity contribution is -0.142. The van der Waals surface area contributed by atoms with Gasteiger partial charge in [0.1, 0.15) is 12.2 Å². The molecule has 8 heteroatoms. The Hall–Kier alpha value is -1.80. The van der Waals surface area contributed by atoms with Gasteiger partial charge in [-0.1, -0.05) is 5.21 Å². The molecule has 8 nitrogen and oxygen atoms in total. The quantitative estimate of drug-likeness (QED) is 0.694. The highest BCUT2D eigenvalue weighted by atomic mass is 16.7. The zero-order valence-electron chi connectivity index (χ0n) is 11.2. The molecular weight excluding hydrogens is 250 g/mol. The normalized spacial score (nSPS) is 11.4. The molecule has 2 aromatic rings. The van der Waals surface area contributed by atoms with Crippen molar-refractivity contribution in [2.45, 2.75) is 33.6 Å². The van der Waals surface area contributed by atoms with E-state index in [1.807, 2.05) is 13.8 Å². The molecule has 0 aliphatic rings. The summed E-state index contributed by atoms with van der Waals surface area (Å²) in [5.41, 5.74) is 0.625. The van der Waals surface area contributed by atoms with Crippen molar-refractivity contribution in [3.63, 3.8) is 0 Å². The molecule has 0 saturated heterocycles. The van der Waals surface area contributed by atoms with Gasteiger partial charge >= 0.3 is 0 Å². The van der Waals surface area contributed by atoms with Crippen molar-refractivity contribution in [1.82, 2.24) is 25.2 Å². The second kappa shape index (κ2) is 6.39. The topological polar surface area (TPSA) is 88.1 Å². The lowest BCUT2D eigenvalue weighted by Gasteiger charge is -2.13. The first-order valence-corrected chi connectivity index (χ1v) is 6.15. The Bertz CT molecular complexity index is 504. The molecule has 0 radical (unpaired) electrons. The standard InChI is InChI=1S/C11H17N5O3/c1-4-17-11(18-5-2)9-6-16(15-13-9)7-10-14-12-8(3)19-10/h6,11H,4-5,7H2,1-3H3. The van der Waals surface area contributed by atoms with E-state index in [0.717, 1.165) is 0 Å². The Morgan fingerprint density at radius 2 is 1.95 bits per heavy atom. The Labute approximate surface area is 110 Å². The molecule has 0 aromatic carbocycles. The lowest BCUT2D eigenvalue weighted by atomic mass is 10.4. The summed E-state index contributed by atoms with van der Waals surface area (Å²) >= 11 is 0. The number of aromatic nitrogens is 5. The van der Waals surface area contributed by atoms with Crippen LogP contribution in [0.1, 0.15) is 37.6 Å². The SMILES string of the molecule is CCOC(OCC)c1cn(Cc2nnc(C)o2)nn1. The number of ether oxygens (including phenoxy) is 2. The Kier molecular flexibility index (Phi) is 4.58. The van der Waals surface area contributed by atoms with Crippen molar-refractivity contribution in [3.8, 4) is 0 Å². The van der Waals surface area contributed by atoms with E-state index in [1.165, 1.54) is 0 Å². The van der Waals surface area contributed by atoms with Crippen LogP contribution in [0.2, 0.25) is 0 Å². The van der Waals surface area contributed by atoms with E-state index >= 15 is 0 Å². The molecule has 0 saturated carbocycles. The lowest BCUT2D eigenvalue weighted by Crippen LogP contribution is -2.09. The van der Waals surface area contributed by atoms with Crippen LogP contribution in [0.5, 0.6) is 0 Å². The molecule has 0 unspecified atom stereocenters. The van der Waals surface area contributed by atoms with Crippen LogP contribution in [-0.2, 0) is 16.0 Å². The molecule has 0 bridgehead atoms. The average molecular weight is 267 g/mol. The average Bonchev–Trinajstić information content (AvgIpc) is 2.99.